The number of aryl methyl sites for hydroxylation is 1. The van der Waals surface area contributed by atoms with E-state index >= 15 is 0 Å². The quantitative estimate of drug-likeness (QED) is 0.648. The normalized spacial score (nSPS) is 11.5. The van der Waals surface area contributed by atoms with Gasteiger partial charge in [0.2, 0.25) is 5.91 Å². The number of anilines is 1. The van der Waals surface area contributed by atoms with Gasteiger partial charge in [-0.25, -0.2) is 9.59 Å². The highest BCUT2D eigenvalue weighted by Gasteiger charge is 2.17. The molecule has 0 radical (unpaired) electrons. The number of aromatic nitrogens is 1. The maximum absolute atomic E-state index is 12.0. The minimum Gasteiger partial charge on any atom is -0.467 e. The molecule has 2 heterocycles. The number of nitrogens with one attached hydrogen (secondary N) is 3. The van der Waals surface area contributed by atoms with Gasteiger partial charge >= 0.3 is 12.0 Å². The second kappa shape index (κ2) is 8.75. The summed E-state index contributed by atoms with van der Waals surface area (Å²) in [6, 6.07) is 3.65. The molecule has 1 unspecified atom stereocenters. The number of amides is 3. The Morgan fingerprint density at radius 1 is 1.35 bits per heavy atom. The molecule has 26 heavy (non-hydrogen) atoms. The highest BCUT2D eigenvalue weighted by atomic mass is 16.5. The van der Waals surface area contributed by atoms with E-state index < -0.39 is 18.0 Å². The van der Waals surface area contributed by atoms with E-state index in [4.69, 9.17) is 9.15 Å². The summed E-state index contributed by atoms with van der Waals surface area (Å²) >= 11 is 0. The number of hydrogen-bond acceptors (Lipinski definition) is 5. The average molecular weight is 362 g/mol. The second-order valence-electron chi connectivity index (χ2n) is 5.56. The molecule has 0 bridgehead atoms. The Kier molecular flexibility index (Phi) is 6.42. The van der Waals surface area contributed by atoms with Crippen molar-refractivity contribution >= 4 is 23.6 Å². The molecule has 2 aromatic rings. The van der Waals surface area contributed by atoms with Crippen LogP contribution in [0.2, 0.25) is 0 Å². The molecule has 1 atom stereocenters. The molecule has 0 saturated heterocycles. The number of hydrogen-bond donors (Lipinski definition) is 3. The Balaban J connectivity index is 1.84. The minimum atomic E-state index is -0.752. The minimum absolute atomic E-state index is 0.237. The van der Waals surface area contributed by atoms with E-state index in [1.165, 1.54) is 12.3 Å². The lowest BCUT2D eigenvalue weighted by Crippen LogP contribution is -2.46. The van der Waals surface area contributed by atoms with E-state index in [1.807, 2.05) is 0 Å². The van der Waals surface area contributed by atoms with Crippen molar-refractivity contribution in [3.05, 3.63) is 42.1 Å². The number of rotatable bonds is 7. The van der Waals surface area contributed by atoms with Gasteiger partial charge in [-0.05, 0) is 32.0 Å². The molecule has 0 spiro atoms. The Morgan fingerprint density at radius 3 is 2.77 bits per heavy atom. The second-order valence-corrected chi connectivity index (χ2v) is 5.56. The summed E-state index contributed by atoms with van der Waals surface area (Å²) in [5.74, 6) is -0.211. The first-order valence-corrected chi connectivity index (χ1v) is 8.11. The van der Waals surface area contributed by atoms with E-state index in [9.17, 15) is 14.4 Å². The molecule has 0 saturated carbocycles. The molecule has 9 heteroatoms. The van der Waals surface area contributed by atoms with Crippen molar-refractivity contribution in [3.8, 4) is 0 Å². The molecule has 3 N–H and O–H groups in total. The van der Waals surface area contributed by atoms with E-state index in [0.29, 0.717) is 17.1 Å². The number of urea groups is 1. The smallest absolute Gasteiger partial charge is 0.355 e. The van der Waals surface area contributed by atoms with Crippen LogP contribution >= 0.6 is 0 Å². The van der Waals surface area contributed by atoms with E-state index in [-0.39, 0.29) is 19.1 Å². The third-order valence-electron chi connectivity index (χ3n) is 3.51. The molecular formula is C17H22N4O5. The van der Waals surface area contributed by atoms with Gasteiger partial charge in [0.15, 0.2) is 0 Å². The molecule has 0 aliphatic carbocycles. The summed E-state index contributed by atoms with van der Waals surface area (Å²) < 4.78 is 11.6. The van der Waals surface area contributed by atoms with E-state index in [0.717, 1.165) is 0 Å². The number of carbonyl (C=O) groups is 3. The summed E-state index contributed by atoms with van der Waals surface area (Å²) in [5, 5.41) is 7.76. The largest absolute Gasteiger partial charge is 0.467 e. The number of nitrogens with zero attached hydrogens (tertiary/aromatic N) is 1. The fraction of sp³-hybridized carbons (Fsp3) is 0.353. The maximum atomic E-state index is 12.0. The first-order valence-electron chi connectivity index (χ1n) is 8.11. The van der Waals surface area contributed by atoms with Crippen molar-refractivity contribution in [2.45, 2.75) is 26.4 Å². The van der Waals surface area contributed by atoms with Gasteiger partial charge in [-0.3, -0.25) is 4.79 Å². The van der Waals surface area contributed by atoms with Gasteiger partial charge in [-0.15, -0.1) is 0 Å². The first-order chi connectivity index (χ1) is 12.4. The van der Waals surface area contributed by atoms with Crippen molar-refractivity contribution in [1.82, 2.24) is 15.2 Å². The highest BCUT2D eigenvalue weighted by Crippen LogP contribution is 2.13. The molecule has 9 nitrogen and oxygen atoms in total. The van der Waals surface area contributed by atoms with Crippen LogP contribution in [0.5, 0.6) is 0 Å². The van der Waals surface area contributed by atoms with Crippen molar-refractivity contribution in [3.63, 3.8) is 0 Å². The standard InChI is InChI=1S/C17H22N4O5/c1-4-25-16(23)14-8-12(10-21(14)3)20-17(24)19-11(2)15(22)18-9-13-6-5-7-26-13/h5-8,10-11H,4,9H2,1-3H3,(H,18,22)(H2,19,20,24). The fourth-order valence-electron chi connectivity index (χ4n) is 2.21. The number of carbonyl (C=O) groups excluding carboxylic acids is 3. The zero-order valence-corrected chi connectivity index (χ0v) is 14.9. The lowest BCUT2D eigenvalue weighted by atomic mass is 10.3. The Morgan fingerprint density at radius 2 is 2.12 bits per heavy atom. The van der Waals surface area contributed by atoms with Crippen molar-refractivity contribution in [1.29, 1.82) is 0 Å². The van der Waals surface area contributed by atoms with Gasteiger partial charge < -0.3 is 29.7 Å². The van der Waals surface area contributed by atoms with Gasteiger partial charge in [-0.1, -0.05) is 0 Å². The van der Waals surface area contributed by atoms with Crippen LogP contribution in [-0.4, -0.2) is 35.1 Å². The third kappa shape index (κ3) is 5.13. The summed E-state index contributed by atoms with van der Waals surface area (Å²) in [6.07, 6.45) is 3.09. The van der Waals surface area contributed by atoms with Gasteiger partial charge in [0.05, 0.1) is 25.1 Å². The number of furan rings is 1. The lowest BCUT2D eigenvalue weighted by molar-refractivity contribution is -0.122. The number of esters is 1. The Hall–Kier alpha value is -3.23. The monoisotopic (exact) mass is 362 g/mol. The van der Waals surface area contributed by atoms with Crippen molar-refractivity contribution in [2.75, 3.05) is 11.9 Å². The topological polar surface area (TPSA) is 115 Å². The molecule has 0 aliphatic heterocycles. The van der Waals surface area contributed by atoms with Gasteiger partial charge in [0.1, 0.15) is 17.5 Å². The van der Waals surface area contributed by atoms with Gasteiger partial charge in [0.25, 0.3) is 0 Å². The maximum Gasteiger partial charge on any atom is 0.355 e. The van der Waals surface area contributed by atoms with E-state index in [1.54, 1.807) is 43.8 Å². The summed E-state index contributed by atoms with van der Waals surface area (Å²) in [7, 11) is 1.67. The van der Waals surface area contributed by atoms with Crippen LogP contribution in [0.1, 0.15) is 30.1 Å². The molecule has 2 rings (SSSR count). The van der Waals surface area contributed by atoms with Gasteiger partial charge in [0, 0.05) is 13.2 Å². The first kappa shape index (κ1) is 19.1. The van der Waals surface area contributed by atoms with Crippen LogP contribution in [-0.2, 0) is 23.1 Å². The molecular weight excluding hydrogens is 340 g/mol. The number of ether oxygens (including phenoxy) is 1. The summed E-state index contributed by atoms with van der Waals surface area (Å²) in [6.45, 7) is 3.77. The summed E-state index contributed by atoms with van der Waals surface area (Å²) in [5.41, 5.74) is 0.725. The van der Waals surface area contributed by atoms with Crippen LogP contribution < -0.4 is 16.0 Å². The zero-order chi connectivity index (χ0) is 19.1. The molecule has 0 aliphatic rings. The lowest BCUT2D eigenvalue weighted by Gasteiger charge is -2.13. The molecule has 3 amide bonds. The van der Waals surface area contributed by atoms with Crippen molar-refractivity contribution in [2.24, 2.45) is 7.05 Å². The fourth-order valence-corrected chi connectivity index (χ4v) is 2.21. The molecule has 0 fully saturated rings. The SMILES string of the molecule is CCOC(=O)c1cc(NC(=O)NC(C)C(=O)NCc2ccco2)cn1C. The Labute approximate surface area is 150 Å². The van der Waals surface area contributed by atoms with Crippen molar-refractivity contribution < 1.29 is 23.5 Å². The zero-order valence-electron chi connectivity index (χ0n) is 14.9. The molecule has 0 aromatic carbocycles. The average Bonchev–Trinajstić information content (AvgIpc) is 3.22. The van der Waals surface area contributed by atoms with Gasteiger partial charge in [-0.2, -0.15) is 0 Å². The Bertz CT molecular complexity index is 766. The van der Waals surface area contributed by atoms with Crippen LogP contribution in [0, 0.1) is 0 Å². The van der Waals surface area contributed by atoms with Crippen LogP contribution in [0.4, 0.5) is 10.5 Å². The predicted molar refractivity (Wildman–Crippen MR) is 93.5 cm³/mol. The third-order valence-corrected chi connectivity index (χ3v) is 3.51. The summed E-state index contributed by atoms with van der Waals surface area (Å²) in [4.78, 5) is 35.8. The molecule has 2 aromatic heterocycles. The van der Waals surface area contributed by atoms with E-state index in [2.05, 4.69) is 16.0 Å². The van der Waals surface area contributed by atoms with Crippen LogP contribution in [0.15, 0.2) is 35.1 Å². The predicted octanol–water partition coefficient (Wildman–Crippen LogP) is 1.62. The highest BCUT2D eigenvalue weighted by molar-refractivity contribution is 5.95. The van der Waals surface area contributed by atoms with Crippen LogP contribution in [0.3, 0.4) is 0 Å². The molecule has 140 valence electrons. The van der Waals surface area contributed by atoms with Crippen LogP contribution in [0.25, 0.3) is 0 Å².